The number of benzene rings is 2. The van der Waals surface area contributed by atoms with Crippen molar-refractivity contribution in [2.75, 3.05) is 5.73 Å². The topological polar surface area (TPSA) is 93.4 Å². The number of nitrogens with two attached hydrogens (primary N) is 1. The van der Waals surface area contributed by atoms with Gasteiger partial charge in [0.25, 0.3) is 0 Å². The zero-order chi connectivity index (χ0) is 17.2. The van der Waals surface area contributed by atoms with Crippen LogP contribution in [0.3, 0.4) is 0 Å². The number of fused-ring (bicyclic) bond motifs is 1. The van der Waals surface area contributed by atoms with E-state index in [0.717, 1.165) is 22.0 Å². The summed E-state index contributed by atoms with van der Waals surface area (Å²) in [5.74, 6) is 1.49. The van der Waals surface area contributed by atoms with E-state index in [4.69, 9.17) is 11.0 Å². The van der Waals surface area contributed by atoms with Crippen molar-refractivity contribution in [2.24, 2.45) is 0 Å². The Morgan fingerprint density at radius 3 is 2.68 bits per heavy atom. The molecule has 6 heteroatoms. The zero-order valence-electron chi connectivity index (χ0n) is 13.3. The van der Waals surface area contributed by atoms with E-state index >= 15 is 0 Å². The van der Waals surface area contributed by atoms with Crippen LogP contribution in [-0.2, 0) is 6.42 Å². The van der Waals surface area contributed by atoms with E-state index in [1.807, 2.05) is 22.8 Å². The molecule has 6 nitrogen and oxygen atoms in total. The molecular formula is C19H14N6. The molecule has 0 bridgehead atoms. The molecule has 0 aliphatic carbocycles. The average molecular weight is 326 g/mol. The van der Waals surface area contributed by atoms with Crippen LogP contribution in [-0.4, -0.2) is 19.5 Å². The molecule has 2 heterocycles. The fraction of sp³-hybridized carbons (Fsp3) is 0.0526. The minimum absolute atomic E-state index is 0.179. The molecule has 0 amide bonds. The average Bonchev–Trinajstić information content (AvgIpc) is 3.05. The van der Waals surface area contributed by atoms with Gasteiger partial charge in [0, 0.05) is 11.8 Å². The number of aromatic nitrogens is 4. The van der Waals surface area contributed by atoms with Crippen molar-refractivity contribution in [1.29, 1.82) is 5.26 Å². The first kappa shape index (κ1) is 14.8. The van der Waals surface area contributed by atoms with E-state index < -0.39 is 0 Å². The molecule has 2 N–H and O–H groups in total. The van der Waals surface area contributed by atoms with Crippen LogP contribution in [0.1, 0.15) is 5.69 Å². The van der Waals surface area contributed by atoms with Gasteiger partial charge < -0.3 is 5.73 Å². The van der Waals surface area contributed by atoms with Gasteiger partial charge in [-0.2, -0.15) is 10.2 Å². The first-order valence-corrected chi connectivity index (χ1v) is 7.78. The van der Waals surface area contributed by atoms with Crippen molar-refractivity contribution in [2.45, 2.75) is 6.42 Å². The molecule has 2 aromatic carbocycles. The molecule has 0 radical (unpaired) electrons. The molecule has 4 rings (SSSR count). The van der Waals surface area contributed by atoms with Gasteiger partial charge in [-0.25, -0.2) is 9.97 Å². The van der Waals surface area contributed by atoms with E-state index in [0.29, 0.717) is 11.6 Å². The second-order valence-corrected chi connectivity index (χ2v) is 5.58. The van der Waals surface area contributed by atoms with E-state index in [1.165, 1.54) is 0 Å². The summed E-state index contributed by atoms with van der Waals surface area (Å²) in [6.07, 6.45) is 3.52. The van der Waals surface area contributed by atoms with E-state index in [2.05, 4.69) is 45.3 Å². The van der Waals surface area contributed by atoms with Gasteiger partial charge in [0.15, 0.2) is 0 Å². The number of hydrogen-bond acceptors (Lipinski definition) is 5. The van der Waals surface area contributed by atoms with Gasteiger partial charge in [-0.15, -0.1) is 0 Å². The minimum Gasteiger partial charge on any atom is -0.368 e. The second kappa shape index (κ2) is 6.06. The fourth-order valence-electron chi connectivity index (χ4n) is 2.87. The molecule has 120 valence electrons. The number of hydrogen-bond donors (Lipinski definition) is 1. The molecule has 0 aliphatic heterocycles. The molecule has 0 atom stereocenters. The largest absolute Gasteiger partial charge is 0.368 e. The van der Waals surface area contributed by atoms with Crippen molar-refractivity contribution in [3.8, 4) is 23.3 Å². The lowest BCUT2D eigenvalue weighted by molar-refractivity contribution is 0.929. The van der Waals surface area contributed by atoms with Crippen molar-refractivity contribution in [3.05, 3.63) is 66.6 Å². The third-order valence-corrected chi connectivity index (χ3v) is 3.99. The van der Waals surface area contributed by atoms with Crippen LogP contribution >= 0.6 is 0 Å². The highest BCUT2D eigenvalue weighted by molar-refractivity contribution is 5.86. The highest BCUT2D eigenvalue weighted by Gasteiger charge is 2.15. The molecule has 0 unspecified atom stereocenters. The normalized spacial score (nSPS) is 10.7. The Morgan fingerprint density at radius 2 is 1.88 bits per heavy atom. The molecule has 25 heavy (non-hydrogen) atoms. The molecule has 0 saturated heterocycles. The highest BCUT2D eigenvalue weighted by Crippen LogP contribution is 2.27. The Bertz CT molecular complexity index is 1110. The van der Waals surface area contributed by atoms with Crippen LogP contribution in [0.4, 0.5) is 5.95 Å². The number of rotatable bonds is 3. The van der Waals surface area contributed by atoms with Crippen molar-refractivity contribution >= 4 is 16.7 Å². The van der Waals surface area contributed by atoms with Crippen molar-refractivity contribution < 1.29 is 0 Å². The van der Waals surface area contributed by atoms with Gasteiger partial charge in [0.05, 0.1) is 24.4 Å². The van der Waals surface area contributed by atoms with Crippen LogP contribution in [0.15, 0.2) is 60.9 Å². The lowest BCUT2D eigenvalue weighted by atomic mass is 10.1. The zero-order valence-corrected chi connectivity index (χ0v) is 13.3. The number of nitrogen functional groups attached to an aromatic ring is 1. The van der Waals surface area contributed by atoms with Crippen LogP contribution in [0, 0.1) is 11.3 Å². The Hall–Kier alpha value is -3.72. The predicted molar refractivity (Wildman–Crippen MR) is 95.8 cm³/mol. The van der Waals surface area contributed by atoms with Gasteiger partial charge in [0.1, 0.15) is 11.6 Å². The molecular weight excluding hydrogens is 312 g/mol. The summed E-state index contributed by atoms with van der Waals surface area (Å²) in [6.45, 7) is 0. The lowest BCUT2D eigenvalue weighted by Crippen LogP contribution is -2.06. The molecule has 0 saturated carbocycles. The van der Waals surface area contributed by atoms with Crippen LogP contribution in [0.2, 0.25) is 0 Å². The number of imidazole rings is 1. The fourth-order valence-corrected chi connectivity index (χ4v) is 2.87. The molecule has 4 aromatic rings. The quantitative estimate of drug-likeness (QED) is 0.624. The second-order valence-electron chi connectivity index (χ2n) is 5.58. The lowest BCUT2D eigenvalue weighted by Gasteiger charge is -2.11. The Morgan fingerprint density at radius 1 is 1.04 bits per heavy atom. The highest BCUT2D eigenvalue weighted by atomic mass is 15.2. The van der Waals surface area contributed by atoms with E-state index in [1.54, 1.807) is 18.5 Å². The van der Waals surface area contributed by atoms with Crippen LogP contribution in [0.5, 0.6) is 0 Å². The summed E-state index contributed by atoms with van der Waals surface area (Å²) in [5, 5.41) is 11.4. The molecule has 0 spiro atoms. The van der Waals surface area contributed by atoms with Crippen molar-refractivity contribution in [3.63, 3.8) is 0 Å². The first-order chi connectivity index (χ1) is 12.3. The van der Waals surface area contributed by atoms with Gasteiger partial charge in [0.2, 0.25) is 5.95 Å². The number of nitrogens with zero attached hydrogens (tertiary/aromatic N) is 5. The van der Waals surface area contributed by atoms with Crippen LogP contribution < -0.4 is 5.73 Å². The van der Waals surface area contributed by atoms with Crippen molar-refractivity contribution in [1.82, 2.24) is 19.5 Å². The Balaban J connectivity index is 1.93. The standard InChI is InChI=1S/C19H14N6/c20-9-7-16-12-23-18(25(16)17-8-10-22-19(21)24-17)15-6-5-13-3-1-2-4-14(13)11-15/h1-6,8,10-12H,7H2,(H2,21,22,24). The Kier molecular flexibility index (Phi) is 3.60. The maximum atomic E-state index is 9.12. The monoisotopic (exact) mass is 326 g/mol. The van der Waals surface area contributed by atoms with Crippen LogP contribution in [0.25, 0.3) is 28.0 Å². The number of anilines is 1. The summed E-state index contributed by atoms with van der Waals surface area (Å²) in [4.78, 5) is 12.8. The Labute approximate surface area is 144 Å². The smallest absolute Gasteiger partial charge is 0.221 e. The first-order valence-electron chi connectivity index (χ1n) is 7.78. The van der Waals surface area contributed by atoms with Gasteiger partial charge in [-0.3, -0.25) is 4.57 Å². The summed E-state index contributed by atoms with van der Waals surface area (Å²) in [6, 6.07) is 18.2. The molecule has 2 aromatic heterocycles. The van der Waals surface area contributed by atoms with E-state index in [-0.39, 0.29) is 12.4 Å². The van der Waals surface area contributed by atoms with Gasteiger partial charge >= 0.3 is 0 Å². The van der Waals surface area contributed by atoms with Gasteiger partial charge in [-0.05, 0) is 22.9 Å². The SMILES string of the molecule is N#CCc1cnc(-c2ccc3ccccc3c2)n1-c1ccnc(N)n1. The molecule has 0 fully saturated rings. The summed E-state index contributed by atoms with van der Waals surface area (Å²) in [7, 11) is 0. The van der Waals surface area contributed by atoms with E-state index in [9.17, 15) is 0 Å². The maximum absolute atomic E-state index is 9.12. The summed E-state index contributed by atoms with van der Waals surface area (Å²) >= 11 is 0. The minimum atomic E-state index is 0.179. The third kappa shape index (κ3) is 2.68. The predicted octanol–water partition coefficient (Wildman–Crippen LogP) is 3.13. The maximum Gasteiger partial charge on any atom is 0.221 e. The summed E-state index contributed by atoms with van der Waals surface area (Å²) in [5.41, 5.74) is 7.43. The van der Waals surface area contributed by atoms with Gasteiger partial charge in [-0.1, -0.05) is 36.4 Å². The third-order valence-electron chi connectivity index (χ3n) is 3.99. The number of nitriles is 1. The summed E-state index contributed by atoms with van der Waals surface area (Å²) < 4.78 is 1.85. The molecule has 0 aliphatic rings.